The normalized spacial score (nSPS) is 14.4. The third kappa shape index (κ3) is 4.39. The van der Waals surface area contributed by atoms with Gasteiger partial charge in [-0.05, 0) is 32.8 Å². The molecule has 0 heterocycles. The fraction of sp³-hybridized carbons (Fsp3) is 0.600. The van der Waals surface area contributed by atoms with Gasteiger partial charge < -0.3 is 10.1 Å². The molecule has 0 unspecified atom stereocenters. The van der Waals surface area contributed by atoms with Gasteiger partial charge in [-0.2, -0.15) is 0 Å². The highest BCUT2D eigenvalue weighted by Crippen LogP contribution is 2.25. The molecule has 2 nitrogen and oxygen atoms in total. The SMILES string of the molecule is CCCOc1ccccc1[C@H](C)N[C@@H](C)CC. The molecule has 0 aliphatic carbocycles. The van der Waals surface area contributed by atoms with Crippen LogP contribution in [0.4, 0.5) is 0 Å². The van der Waals surface area contributed by atoms with Gasteiger partial charge in [0.25, 0.3) is 0 Å². The van der Waals surface area contributed by atoms with E-state index in [0.29, 0.717) is 12.1 Å². The number of rotatable bonds is 7. The van der Waals surface area contributed by atoms with E-state index in [1.807, 2.05) is 6.07 Å². The summed E-state index contributed by atoms with van der Waals surface area (Å²) >= 11 is 0. The van der Waals surface area contributed by atoms with E-state index in [1.54, 1.807) is 0 Å². The number of para-hydroxylation sites is 1. The average Bonchev–Trinajstić information content (AvgIpc) is 2.36. The Morgan fingerprint density at radius 2 is 1.88 bits per heavy atom. The third-order valence-electron chi connectivity index (χ3n) is 2.99. The number of ether oxygens (including phenoxy) is 1. The number of hydrogen-bond donors (Lipinski definition) is 1. The lowest BCUT2D eigenvalue weighted by Gasteiger charge is -2.21. The van der Waals surface area contributed by atoms with Crippen LogP contribution in [0.15, 0.2) is 24.3 Å². The fourth-order valence-electron chi connectivity index (χ4n) is 1.82. The number of hydrogen-bond acceptors (Lipinski definition) is 2. The minimum absolute atomic E-state index is 0.331. The Morgan fingerprint density at radius 3 is 2.53 bits per heavy atom. The quantitative estimate of drug-likeness (QED) is 0.773. The zero-order chi connectivity index (χ0) is 12.7. The Morgan fingerprint density at radius 1 is 1.18 bits per heavy atom. The highest BCUT2D eigenvalue weighted by molar-refractivity contribution is 5.35. The van der Waals surface area contributed by atoms with E-state index in [9.17, 15) is 0 Å². The Balaban J connectivity index is 2.73. The molecule has 1 aromatic rings. The van der Waals surface area contributed by atoms with E-state index in [1.165, 1.54) is 5.56 Å². The Hall–Kier alpha value is -1.02. The molecule has 1 rings (SSSR count). The summed E-state index contributed by atoms with van der Waals surface area (Å²) < 4.78 is 5.78. The lowest BCUT2D eigenvalue weighted by Crippen LogP contribution is -2.28. The van der Waals surface area contributed by atoms with Gasteiger partial charge in [-0.3, -0.25) is 0 Å². The van der Waals surface area contributed by atoms with Crippen molar-refractivity contribution in [1.29, 1.82) is 0 Å². The van der Waals surface area contributed by atoms with Crippen molar-refractivity contribution in [2.75, 3.05) is 6.61 Å². The minimum atomic E-state index is 0.331. The van der Waals surface area contributed by atoms with Crippen LogP contribution < -0.4 is 10.1 Å². The second-order valence-corrected chi connectivity index (χ2v) is 4.58. The lowest BCUT2D eigenvalue weighted by atomic mass is 10.1. The molecule has 0 spiro atoms. The Labute approximate surface area is 105 Å². The monoisotopic (exact) mass is 235 g/mol. The molecule has 1 aromatic carbocycles. The van der Waals surface area contributed by atoms with Gasteiger partial charge >= 0.3 is 0 Å². The number of benzene rings is 1. The van der Waals surface area contributed by atoms with Crippen molar-refractivity contribution in [3.8, 4) is 5.75 Å². The zero-order valence-corrected chi connectivity index (χ0v) is 11.5. The van der Waals surface area contributed by atoms with Crippen LogP contribution in [0, 0.1) is 0 Å². The Kier molecular flexibility index (Phi) is 6.06. The third-order valence-corrected chi connectivity index (χ3v) is 2.99. The largest absolute Gasteiger partial charge is 0.493 e. The molecule has 0 aliphatic heterocycles. The molecule has 0 aromatic heterocycles. The first-order valence-electron chi connectivity index (χ1n) is 6.66. The van der Waals surface area contributed by atoms with E-state index in [0.717, 1.165) is 25.2 Å². The summed E-state index contributed by atoms with van der Waals surface area (Å²) in [5, 5.41) is 3.58. The summed E-state index contributed by atoms with van der Waals surface area (Å²) in [6.07, 6.45) is 2.18. The van der Waals surface area contributed by atoms with Crippen molar-refractivity contribution in [2.45, 2.75) is 52.6 Å². The molecule has 96 valence electrons. The van der Waals surface area contributed by atoms with E-state index < -0.39 is 0 Å². The molecular formula is C15H25NO. The highest BCUT2D eigenvalue weighted by atomic mass is 16.5. The van der Waals surface area contributed by atoms with Crippen LogP contribution >= 0.6 is 0 Å². The van der Waals surface area contributed by atoms with E-state index >= 15 is 0 Å². The van der Waals surface area contributed by atoms with Gasteiger partial charge in [0.15, 0.2) is 0 Å². The van der Waals surface area contributed by atoms with Gasteiger partial charge in [0.1, 0.15) is 5.75 Å². The van der Waals surface area contributed by atoms with Gasteiger partial charge in [0, 0.05) is 17.6 Å². The molecule has 0 saturated carbocycles. The summed E-state index contributed by atoms with van der Waals surface area (Å²) in [6, 6.07) is 9.17. The van der Waals surface area contributed by atoms with E-state index in [2.05, 4.69) is 51.2 Å². The van der Waals surface area contributed by atoms with Crippen LogP contribution in [-0.4, -0.2) is 12.6 Å². The first-order chi connectivity index (χ1) is 8.19. The van der Waals surface area contributed by atoms with E-state index in [-0.39, 0.29) is 0 Å². The summed E-state index contributed by atoms with van der Waals surface area (Å²) in [4.78, 5) is 0. The second-order valence-electron chi connectivity index (χ2n) is 4.58. The molecule has 1 N–H and O–H groups in total. The molecule has 0 radical (unpaired) electrons. The minimum Gasteiger partial charge on any atom is -0.493 e. The zero-order valence-electron chi connectivity index (χ0n) is 11.5. The fourth-order valence-corrected chi connectivity index (χ4v) is 1.82. The second kappa shape index (κ2) is 7.33. The van der Waals surface area contributed by atoms with Gasteiger partial charge in [0.2, 0.25) is 0 Å². The summed E-state index contributed by atoms with van der Waals surface area (Å²) in [5.41, 5.74) is 1.25. The van der Waals surface area contributed by atoms with Crippen LogP contribution in [0.1, 0.15) is 52.1 Å². The maximum atomic E-state index is 5.78. The molecular weight excluding hydrogens is 210 g/mol. The Bertz CT molecular complexity index is 324. The van der Waals surface area contributed by atoms with Crippen molar-refractivity contribution >= 4 is 0 Å². The van der Waals surface area contributed by atoms with Crippen molar-refractivity contribution in [3.63, 3.8) is 0 Å². The summed E-state index contributed by atoms with van der Waals surface area (Å²) in [6.45, 7) is 9.52. The first-order valence-corrected chi connectivity index (χ1v) is 6.66. The lowest BCUT2D eigenvalue weighted by molar-refractivity contribution is 0.309. The average molecular weight is 235 g/mol. The standard InChI is InChI=1S/C15H25NO/c1-5-11-17-15-10-8-7-9-14(15)13(4)16-12(3)6-2/h7-10,12-13,16H,5-6,11H2,1-4H3/t12-,13-/m0/s1. The van der Waals surface area contributed by atoms with Crippen LogP contribution in [-0.2, 0) is 0 Å². The van der Waals surface area contributed by atoms with Gasteiger partial charge in [-0.15, -0.1) is 0 Å². The molecule has 0 saturated heterocycles. The van der Waals surface area contributed by atoms with Crippen molar-refractivity contribution in [3.05, 3.63) is 29.8 Å². The van der Waals surface area contributed by atoms with Crippen molar-refractivity contribution < 1.29 is 4.74 Å². The first kappa shape index (κ1) is 14.0. The maximum absolute atomic E-state index is 5.78. The maximum Gasteiger partial charge on any atom is 0.124 e. The molecule has 0 bridgehead atoms. The summed E-state index contributed by atoms with van der Waals surface area (Å²) in [5.74, 6) is 1.01. The van der Waals surface area contributed by atoms with E-state index in [4.69, 9.17) is 4.74 Å². The molecule has 0 fully saturated rings. The topological polar surface area (TPSA) is 21.3 Å². The van der Waals surface area contributed by atoms with Crippen molar-refractivity contribution in [2.24, 2.45) is 0 Å². The van der Waals surface area contributed by atoms with Gasteiger partial charge in [-0.1, -0.05) is 32.0 Å². The molecule has 0 aliphatic rings. The van der Waals surface area contributed by atoms with Crippen LogP contribution in [0.5, 0.6) is 5.75 Å². The van der Waals surface area contributed by atoms with Gasteiger partial charge in [0.05, 0.1) is 6.61 Å². The van der Waals surface area contributed by atoms with Crippen LogP contribution in [0.2, 0.25) is 0 Å². The predicted octanol–water partition coefficient (Wildman–Crippen LogP) is 3.92. The summed E-state index contributed by atoms with van der Waals surface area (Å²) in [7, 11) is 0. The molecule has 17 heavy (non-hydrogen) atoms. The smallest absolute Gasteiger partial charge is 0.124 e. The van der Waals surface area contributed by atoms with Crippen LogP contribution in [0.3, 0.4) is 0 Å². The van der Waals surface area contributed by atoms with Crippen LogP contribution in [0.25, 0.3) is 0 Å². The molecule has 0 amide bonds. The molecule has 2 atom stereocenters. The number of nitrogens with one attached hydrogen (secondary N) is 1. The highest BCUT2D eigenvalue weighted by Gasteiger charge is 2.12. The van der Waals surface area contributed by atoms with Gasteiger partial charge in [-0.25, -0.2) is 0 Å². The predicted molar refractivity (Wildman–Crippen MR) is 73.5 cm³/mol. The molecule has 2 heteroatoms. The van der Waals surface area contributed by atoms with Crippen molar-refractivity contribution in [1.82, 2.24) is 5.32 Å².